The predicted octanol–water partition coefficient (Wildman–Crippen LogP) is 13.5. The molecule has 0 bridgehead atoms. The van der Waals surface area contributed by atoms with E-state index in [4.69, 9.17) is 18.9 Å². The van der Waals surface area contributed by atoms with E-state index in [0.717, 1.165) is 83.2 Å². The van der Waals surface area contributed by atoms with Crippen LogP contribution in [0.15, 0.2) is 139 Å². The Morgan fingerprint density at radius 1 is 0.306 bits per heavy atom. The zero-order chi connectivity index (χ0) is 33.0. The maximum Gasteiger partial charge on any atom is 0.611 e. The minimum Gasteiger partial charge on any atom is -0.385 e. The number of halogens is 4. The van der Waals surface area contributed by atoms with Crippen molar-refractivity contribution in [1.29, 1.82) is 0 Å². The molecule has 0 unspecified atom stereocenters. The third kappa shape index (κ3) is 4.72. The normalized spacial score (nSPS) is 14.1. The summed E-state index contributed by atoms with van der Waals surface area (Å²) >= 11 is 14.6. The molecule has 0 fully saturated rings. The standard InChI is InChI=1S/C41H20Br4O4/c42-25-5-9-29-21(17-25)1-13-33-37(29)38-30-10-6-26(43)18-22(30)2-14-34(38)47-41(46-33)48-35-15-3-23-19-27(44)7-11-31(23)39(35)40-32-12-8-28(45)20-24(32)4-16-36(40)49-41/h1-20H. The van der Waals surface area contributed by atoms with Gasteiger partial charge in [-0.15, -0.1) is 0 Å². The van der Waals surface area contributed by atoms with E-state index in [1.54, 1.807) is 0 Å². The highest BCUT2D eigenvalue weighted by Crippen LogP contribution is 2.54. The van der Waals surface area contributed by atoms with E-state index in [9.17, 15) is 0 Å². The van der Waals surface area contributed by atoms with Crippen molar-refractivity contribution in [2.45, 2.75) is 6.16 Å². The van der Waals surface area contributed by atoms with Gasteiger partial charge in [0.2, 0.25) is 0 Å². The zero-order valence-electron chi connectivity index (χ0n) is 25.2. The van der Waals surface area contributed by atoms with Gasteiger partial charge in [-0.2, -0.15) is 0 Å². The zero-order valence-corrected chi connectivity index (χ0v) is 31.5. The summed E-state index contributed by atoms with van der Waals surface area (Å²) in [6, 6.07) is 41.1. The van der Waals surface area contributed by atoms with Crippen molar-refractivity contribution in [3.63, 3.8) is 0 Å². The first-order valence-corrected chi connectivity index (χ1v) is 18.7. The van der Waals surface area contributed by atoms with Gasteiger partial charge in [0.05, 0.1) is 0 Å². The first-order valence-electron chi connectivity index (χ1n) is 15.5. The maximum atomic E-state index is 6.93. The molecular weight excluding hydrogens is 876 g/mol. The van der Waals surface area contributed by atoms with Gasteiger partial charge in [0.1, 0.15) is 23.0 Å². The molecule has 8 heteroatoms. The van der Waals surface area contributed by atoms with Gasteiger partial charge in [-0.1, -0.05) is 112 Å². The fraction of sp³-hybridized carbons (Fsp3) is 0.0244. The number of rotatable bonds is 0. The molecular formula is C41H20Br4O4. The van der Waals surface area contributed by atoms with Gasteiger partial charge in [-0.05, 0) is 116 Å². The molecule has 4 nitrogen and oxygen atoms in total. The number of ether oxygens (including phenoxy) is 4. The second-order valence-electron chi connectivity index (χ2n) is 12.1. The Bertz CT molecular complexity index is 2360. The number of fused-ring (bicyclic) bond motifs is 14. The molecule has 8 aromatic rings. The first-order chi connectivity index (χ1) is 23.8. The maximum absolute atomic E-state index is 6.93. The largest absolute Gasteiger partial charge is 0.611 e. The molecule has 0 N–H and O–H groups in total. The summed E-state index contributed by atoms with van der Waals surface area (Å²) < 4.78 is 31.7. The summed E-state index contributed by atoms with van der Waals surface area (Å²) in [6.07, 6.45) is -2.02. The molecule has 0 aromatic heterocycles. The van der Waals surface area contributed by atoms with Gasteiger partial charge in [0.15, 0.2) is 0 Å². The van der Waals surface area contributed by atoms with Crippen LogP contribution in [0.4, 0.5) is 0 Å². The Kier molecular flexibility index (Phi) is 6.67. The lowest BCUT2D eigenvalue weighted by molar-refractivity contribution is -0.364. The smallest absolute Gasteiger partial charge is 0.385 e. The van der Waals surface area contributed by atoms with Crippen molar-refractivity contribution in [3.05, 3.63) is 139 Å². The van der Waals surface area contributed by atoms with Crippen LogP contribution in [-0.2, 0) is 0 Å². The predicted molar refractivity (Wildman–Crippen MR) is 210 cm³/mol. The third-order valence-electron chi connectivity index (χ3n) is 9.21. The van der Waals surface area contributed by atoms with E-state index in [-0.39, 0.29) is 0 Å². The Morgan fingerprint density at radius 2 is 0.551 bits per heavy atom. The van der Waals surface area contributed by atoms with Crippen molar-refractivity contribution in [3.8, 4) is 45.3 Å². The Hall–Kier alpha value is -4.08. The van der Waals surface area contributed by atoms with Gasteiger partial charge >= 0.3 is 6.16 Å². The second kappa shape index (κ2) is 11.0. The highest BCUT2D eigenvalue weighted by molar-refractivity contribution is 9.11. The average molecular weight is 896 g/mol. The van der Waals surface area contributed by atoms with E-state index in [2.05, 4.69) is 137 Å². The molecule has 8 aromatic carbocycles. The van der Waals surface area contributed by atoms with E-state index >= 15 is 0 Å². The summed E-state index contributed by atoms with van der Waals surface area (Å²) in [5.74, 6) is 2.29. The number of benzene rings is 8. The molecule has 236 valence electrons. The molecule has 0 radical (unpaired) electrons. The summed E-state index contributed by atoms with van der Waals surface area (Å²) in [7, 11) is 0. The Morgan fingerprint density at radius 3 is 0.796 bits per heavy atom. The highest BCUT2D eigenvalue weighted by atomic mass is 79.9. The van der Waals surface area contributed by atoms with Crippen LogP contribution >= 0.6 is 63.7 Å². The van der Waals surface area contributed by atoms with Gasteiger partial charge in [-0.3, -0.25) is 0 Å². The topological polar surface area (TPSA) is 36.9 Å². The molecule has 1 spiro atoms. The molecule has 0 atom stereocenters. The molecule has 0 saturated heterocycles. The SMILES string of the molecule is Brc1ccc2c3c(ccc2c1)OC1(Oc2ccc4cc(Br)ccc4c2-3)Oc2ccc3cc(Br)ccc3c2-c2c(ccc3cc(Br)ccc23)O1. The van der Waals surface area contributed by atoms with Crippen molar-refractivity contribution >= 4 is 107 Å². The minimum atomic E-state index is -2.02. The Labute approximate surface area is 314 Å². The summed E-state index contributed by atoms with van der Waals surface area (Å²) in [5, 5.41) is 8.29. The van der Waals surface area contributed by atoms with Crippen LogP contribution in [0.3, 0.4) is 0 Å². The molecule has 10 rings (SSSR count). The third-order valence-corrected chi connectivity index (χ3v) is 11.2. The summed E-state index contributed by atoms with van der Waals surface area (Å²) in [6.45, 7) is 0. The van der Waals surface area contributed by atoms with Crippen molar-refractivity contribution < 1.29 is 18.9 Å². The van der Waals surface area contributed by atoms with E-state index in [1.807, 2.05) is 48.5 Å². The van der Waals surface area contributed by atoms with Crippen LogP contribution in [0.1, 0.15) is 0 Å². The quantitative estimate of drug-likeness (QED) is 0.152. The van der Waals surface area contributed by atoms with Crippen LogP contribution < -0.4 is 18.9 Å². The lowest BCUT2D eigenvalue weighted by Crippen LogP contribution is -2.53. The molecule has 49 heavy (non-hydrogen) atoms. The lowest BCUT2D eigenvalue weighted by Gasteiger charge is -2.30. The van der Waals surface area contributed by atoms with Crippen LogP contribution in [-0.4, -0.2) is 6.16 Å². The Balaban J connectivity index is 1.29. The fourth-order valence-corrected chi connectivity index (χ4v) is 8.67. The van der Waals surface area contributed by atoms with Gasteiger partial charge in [0.25, 0.3) is 0 Å². The minimum absolute atomic E-state index is 0.573. The number of hydrogen-bond acceptors (Lipinski definition) is 4. The van der Waals surface area contributed by atoms with Crippen LogP contribution in [0.5, 0.6) is 23.0 Å². The van der Waals surface area contributed by atoms with E-state index in [1.165, 1.54) is 0 Å². The van der Waals surface area contributed by atoms with Crippen LogP contribution in [0, 0.1) is 0 Å². The van der Waals surface area contributed by atoms with Gasteiger partial charge in [0, 0.05) is 40.1 Å². The van der Waals surface area contributed by atoms with Gasteiger partial charge in [-0.25, -0.2) is 0 Å². The fourth-order valence-electron chi connectivity index (χ4n) is 7.16. The first kappa shape index (κ1) is 29.8. The highest BCUT2D eigenvalue weighted by Gasteiger charge is 2.50. The molecule has 0 amide bonds. The molecule has 2 aliphatic rings. The van der Waals surface area contributed by atoms with Crippen LogP contribution in [0.2, 0.25) is 0 Å². The molecule has 2 aliphatic heterocycles. The summed E-state index contributed by atoms with van der Waals surface area (Å²) in [4.78, 5) is 0. The van der Waals surface area contributed by atoms with E-state index in [0.29, 0.717) is 23.0 Å². The van der Waals surface area contributed by atoms with Crippen molar-refractivity contribution in [1.82, 2.24) is 0 Å². The van der Waals surface area contributed by atoms with Crippen molar-refractivity contribution in [2.24, 2.45) is 0 Å². The number of hydrogen-bond donors (Lipinski definition) is 0. The van der Waals surface area contributed by atoms with Crippen molar-refractivity contribution in [2.75, 3.05) is 0 Å². The molecule has 0 saturated carbocycles. The van der Waals surface area contributed by atoms with Crippen LogP contribution in [0.25, 0.3) is 65.3 Å². The second-order valence-corrected chi connectivity index (χ2v) is 15.8. The van der Waals surface area contributed by atoms with E-state index < -0.39 is 6.16 Å². The summed E-state index contributed by atoms with van der Waals surface area (Å²) in [5.41, 5.74) is 3.59. The molecule has 0 aliphatic carbocycles. The van der Waals surface area contributed by atoms with Gasteiger partial charge < -0.3 is 18.9 Å². The monoisotopic (exact) mass is 892 g/mol. The average Bonchev–Trinajstić information content (AvgIpc) is 3.32. The molecule has 2 heterocycles. The lowest BCUT2D eigenvalue weighted by atomic mass is 9.92.